The van der Waals surface area contributed by atoms with Crippen molar-refractivity contribution < 1.29 is 0 Å². The van der Waals surface area contributed by atoms with Gasteiger partial charge in [-0.3, -0.25) is 0 Å². The lowest BCUT2D eigenvalue weighted by Gasteiger charge is -2.18. The zero-order valence-electron chi connectivity index (χ0n) is 34.0. The molecule has 1 aliphatic carbocycles. The van der Waals surface area contributed by atoms with Crippen molar-refractivity contribution in [3.63, 3.8) is 0 Å². The number of thiophene rings is 2. The lowest BCUT2D eigenvalue weighted by molar-refractivity contribution is 0.734. The number of aromatic amines is 1. The molecule has 5 aromatic carbocycles. The quantitative estimate of drug-likeness (QED) is 0.143. The second kappa shape index (κ2) is 14.4. The third kappa shape index (κ3) is 6.18. The highest BCUT2D eigenvalue weighted by molar-refractivity contribution is 7.26. The summed E-state index contributed by atoms with van der Waals surface area (Å²) in [5, 5.41) is 7.05. The summed E-state index contributed by atoms with van der Waals surface area (Å²) >= 11 is 3.95. The minimum absolute atomic E-state index is 0.503. The minimum Gasteiger partial charge on any atom is -0.358 e. The van der Waals surface area contributed by atoms with Crippen LogP contribution >= 0.6 is 22.7 Å². The molecule has 0 fully saturated rings. The van der Waals surface area contributed by atoms with Gasteiger partial charge in [0.2, 0.25) is 0 Å². The van der Waals surface area contributed by atoms with Crippen molar-refractivity contribution in [1.29, 1.82) is 0 Å². The molecule has 3 heteroatoms. The van der Waals surface area contributed by atoms with E-state index in [1.54, 1.807) is 0 Å². The number of aryl methyl sites for hydroxylation is 1. The maximum Gasteiger partial charge on any atom is 0.0462 e. The van der Waals surface area contributed by atoms with Gasteiger partial charge in [0.15, 0.2) is 0 Å². The first-order valence-electron chi connectivity index (χ1n) is 21.0. The van der Waals surface area contributed by atoms with Crippen molar-refractivity contribution >= 4 is 85.6 Å². The molecule has 8 aromatic rings. The van der Waals surface area contributed by atoms with E-state index in [1.807, 2.05) is 22.7 Å². The molecular weight excluding hydrogens is 703 g/mol. The Hall–Kier alpha value is -4.18. The molecule has 0 amide bonds. The summed E-state index contributed by atoms with van der Waals surface area (Å²) in [5.74, 6) is 2.15. The molecule has 0 aliphatic heterocycles. The van der Waals surface area contributed by atoms with Crippen molar-refractivity contribution in [3.8, 4) is 11.1 Å². The van der Waals surface area contributed by atoms with E-state index in [0.29, 0.717) is 23.7 Å². The molecule has 3 aromatic heterocycles. The first-order chi connectivity index (χ1) is 26.7. The van der Waals surface area contributed by atoms with E-state index in [1.165, 1.54) is 107 Å². The Bertz CT molecular complexity index is 2780. The van der Waals surface area contributed by atoms with Crippen molar-refractivity contribution in [3.05, 3.63) is 118 Å². The first-order valence-corrected chi connectivity index (χ1v) is 22.7. The van der Waals surface area contributed by atoms with Crippen LogP contribution in [0.15, 0.2) is 78.9 Å². The van der Waals surface area contributed by atoms with Gasteiger partial charge in [0.25, 0.3) is 0 Å². The van der Waals surface area contributed by atoms with Crippen LogP contribution in [0.3, 0.4) is 0 Å². The van der Waals surface area contributed by atoms with Crippen LogP contribution in [0.2, 0.25) is 0 Å². The monoisotopic (exact) mass is 757 g/mol. The van der Waals surface area contributed by atoms with Crippen molar-refractivity contribution in [2.24, 2.45) is 0 Å². The van der Waals surface area contributed by atoms with E-state index in [9.17, 15) is 0 Å². The average Bonchev–Trinajstić information content (AvgIpc) is 3.91. The Morgan fingerprint density at radius 2 is 1.02 bits per heavy atom. The summed E-state index contributed by atoms with van der Waals surface area (Å²) in [4.78, 5) is 3.87. The Balaban J connectivity index is 1.22. The van der Waals surface area contributed by atoms with Crippen molar-refractivity contribution in [2.45, 2.75) is 118 Å². The summed E-state index contributed by atoms with van der Waals surface area (Å²) in [7, 11) is 0. The number of H-pyrrole nitrogens is 1. The normalized spacial score (nSPS) is 15.6. The SMILES string of the molecule is CCC(C)c1ccc2sc3c(C4=Cc5c([nH]c6ccc(-c7cc(C(C)CC)cc8c7sc7ccc(C(C)CC)cc78)cc56)CC4)cc(C(C)CC)cc3c2c1. The molecule has 0 spiro atoms. The van der Waals surface area contributed by atoms with E-state index in [0.717, 1.165) is 38.5 Å². The summed E-state index contributed by atoms with van der Waals surface area (Å²) in [6.45, 7) is 18.7. The standard InChI is InChI=1S/C52H55NS2/c1-9-29(5)33-15-19-49-43(21-33)45-27-37(31(7)11-3)25-39(51(45)54-49)35-13-17-47-41(23-35)42-24-36(14-18-48(42)53-47)40-26-38(32(8)12-4)28-46-44-22-34(30(6)10-2)16-20-50(44)55-52(40)46/h13,15-17,19-32,53H,9-12,14,18H2,1-8H3. The number of nitrogens with one attached hydrogen (secondary N) is 1. The first kappa shape index (κ1) is 36.5. The molecule has 0 radical (unpaired) electrons. The Kier molecular flexibility index (Phi) is 9.54. The van der Waals surface area contributed by atoms with Crippen LogP contribution in [-0.4, -0.2) is 4.98 Å². The van der Waals surface area contributed by atoms with Gasteiger partial charge in [-0.05, 0) is 173 Å². The maximum absolute atomic E-state index is 3.87. The molecule has 280 valence electrons. The average molecular weight is 758 g/mol. The second-order valence-electron chi connectivity index (χ2n) is 16.8. The lowest BCUT2D eigenvalue weighted by Crippen LogP contribution is -2.00. The fourth-order valence-corrected chi connectivity index (χ4v) is 11.3. The lowest BCUT2D eigenvalue weighted by atomic mass is 9.87. The van der Waals surface area contributed by atoms with Gasteiger partial charge in [-0.2, -0.15) is 0 Å². The zero-order valence-corrected chi connectivity index (χ0v) is 35.6. The van der Waals surface area contributed by atoms with Crippen LogP contribution in [0, 0.1) is 0 Å². The smallest absolute Gasteiger partial charge is 0.0462 e. The third-order valence-electron chi connectivity index (χ3n) is 13.5. The van der Waals surface area contributed by atoms with E-state index in [-0.39, 0.29) is 0 Å². The molecule has 3 heterocycles. The summed E-state index contributed by atoms with van der Waals surface area (Å²) in [6, 6.07) is 31.8. The van der Waals surface area contributed by atoms with E-state index in [2.05, 4.69) is 145 Å². The molecule has 1 aliphatic rings. The van der Waals surface area contributed by atoms with Gasteiger partial charge in [0, 0.05) is 62.5 Å². The van der Waals surface area contributed by atoms with E-state index < -0.39 is 0 Å². The largest absolute Gasteiger partial charge is 0.358 e. The zero-order chi connectivity index (χ0) is 38.1. The molecule has 4 atom stereocenters. The third-order valence-corrected chi connectivity index (χ3v) is 15.9. The van der Waals surface area contributed by atoms with Gasteiger partial charge < -0.3 is 4.98 Å². The highest BCUT2D eigenvalue weighted by atomic mass is 32.1. The number of benzene rings is 5. The molecule has 0 saturated heterocycles. The van der Waals surface area contributed by atoms with Crippen LogP contribution in [0.25, 0.3) is 74.0 Å². The fraction of sp³-hybridized carbons (Fsp3) is 0.346. The van der Waals surface area contributed by atoms with Gasteiger partial charge in [-0.25, -0.2) is 0 Å². The Morgan fingerprint density at radius 1 is 0.509 bits per heavy atom. The van der Waals surface area contributed by atoms with Crippen LogP contribution in [0.4, 0.5) is 0 Å². The van der Waals surface area contributed by atoms with Crippen LogP contribution in [-0.2, 0) is 6.42 Å². The van der Waals surface area contributed by atoms with Gasteiger partial charge in [0.05, 0.1) is 0 Å². The number of hydrogen-bond donors (Lipinski definition) is 1. The molecule has 1 nitrogen and oxygen atoms in total. The van der Waals surface area contributed by atoms with Crippen LogP contribution < -0.4 is 0 Å². The summed E-state index contributed by atoms with van der Waals surface area (Å²) in [5.41, 5.74) is 15.4. The number of aromatic nitrogens is 1. The minimum atomic E-state index is 0.503. The molecule has 0 saturated carbocycles. The van der Waals surface area contributed by atoms with E-state index in [4.69, 9.17) is 0 Å². The molecule has 55 heavy (non-hydrogen) atoms. The summed E-state index contributed by atoms with van der Waals surface area (Å²) < 4.78 is 5.65. The molecule has 0 bridgehead atoms. The summed E-state index contributed by atoms with van der Waals surface area (Å²) in [6.07, 6.45) is 9.23. The van der Waals surface area contributed by atoms with Crippen molar-refractivity contribution in [2.75, 3.05) is 0 Å². The highest BCUT2D eigenvalue weighted by Crippen LogP contribution is 2.47. The number of rotatable bonds is 10. The molecular formula is C52H55NS2. The predicted molar refractivity (Wildman–Crippen MR) is 247 cm³/mol. The van der Waals surface area contributed by atoms with Crippen LogP contribution in [0.1, 0.15) is 150 Å². The Morgan fingerprint density at radius 3 is 1.58 bits per heavy atom. The second-order valence-corrected chi connectivity index (χ2v) is 18.9. The topological polar surface area (TPSA) is 15.8 Å². The van der Waals surface area contributed by atoms with E-state index >= 15 is 0 Å². The van der Waals surface area contributed by atoms with Gasteiger partial charge in [0.1, 0.15) is 0 Å². The van der Waals surface area contributed by atoms with Gasteiger partial charge in [-0.15, -0.1) is 22.7 Å². The van der Waals surface area contributed by atoms with Gasteiger partial charge in [-0.1, -0.05) is 73.6 Å². The molecule has 9 rings (SSSR count). The maximum atomic E-state index is 3.87. The van der Waals surface area contributed by atoms with Crippen molar-refractivity contribution in [1.82, 2.24) is 4.98 Å². The number of fused-ring (bicyclic) bond motifs is 9. The number of allylic oxidation sites excluding steroid dienone is 1. The number of hydrogen-bond acceptors (Lipinski definition) is 2. The molecule has 4 unspecified atom stereocenters. The van der Waals surface area contributed by atoms with Gasteiger partial charge >= 0.3 is 0 Å². The highest BCUT2D eigenvalue weighted by Gasteiger charge is 2.23. The van der Waals surface area contributed by atoms with Crippen LogP contribution in [0.5, 0.6) is 0 Å². The fourth-order valence-electron chi connectivity index (χ4n) is 8.93. The molecule has 1 N–H and O–H groups in total. The predicted octanol–water partition coefficient (Wildman–Crippen LogP) is 17.1. The Labute approximate surface area is 335 Å².